The molecule has 0 aromatic carbocycles. The summed E-state index contributed by atoms with van der Waals surface area (Å²) in [6.07, 6.45) is -16.4. The van der Waals surface area contributed by atoms with E-state index in [-0.39, 0.29) is 39.4 Å². The quantitative estimate of drug-likeness (QED) is 0.0838. The molecule has 7 fully saturated rings. The molecule has 0 radical (unpaired) electrons. The zero-order valence-corrected chi connectivity index (χ0v) is 39.7. The van der Waals surface area contributed by atoms with Crippen molar-refractivity contribution >= 4 is 11.9 Å². The Morgan fingerprint density at radius 3 is 1.84 bits per heavy atom. The molecule has 3 heterocycles. The highest BCUT2D eigenvalue weighted by Crippen LogP contribution is 2.76. The van der Waals surface area contributed by atoms with Gasteiger partial charge in [0.2, 0.25) is 6.29 Å². The molecule has 0 unspecified atom stereocenters. The number of esters is 1. The van der Waals surface area contributed by atoms with Gasteiger partial charge >= 0.3 is 11.9 Å². The van der Waals surface area contributed by atoms with Gasteiger partial charge in [-0.15, -0.1) is 0 Å². The van der Waals surface area contributed by atoms with E-state index in [1.807, 2.05) is 0 Å². The number of carbonyl (C=O) groups excluding carboxylic acids is 1. The first-order valence-electron chi connectivity index (χ1n) is 24.3. The number of allylic oxidation sites excluding steroid dienone is 2. The molecule has 23 atom stereocenters. The minimum atomic E-state index is -1.97. The zero-order chi connectivity index (χ0) is 49.1. The van der Waals surface area contributed by atoms with E-state index in [4.69, 9.17) is 28.4 Å². The number of ether oxygens (including phenoxy) is 6. The Balaban J connectivity index is 1.03. The lowest BCUT2D eigenvalue weighted by Gasteiger charge is -2.71. The monoisotopic (exact) mass is 956 g/mol. The predicted octanol–water partition coefficient (Wildman–Crippen LogP) is 0.233. The summed E-state index contributed by atoms with van der Waals surface area (Å²) in [6.45, 7) is 14.4. The molecule has 0 spiro atoms. The zero-order valence-electron chi connectivity index (χ0n) is 39.7. The van der Waals surface area contributed by atoms with Crippen molar-refractivity contribution in [3.05, 3.63) is 11.6 Å². The fourth-order valence-electron chi connectivity index (χ4n) is 15.0. The highest BCUT2D eigenvalue weighted by molar-refractivity contribution is 5.79. The number of hydrogen-bond acceptors (Lipinski definition) is 18. The predicted molar refractivity (Wildman–Crippen MR) is 231 cm³/mol. The number of carboxylic acid groups (broad SMARTS) is 1. The van der Waals surface area contributed by atoms with E-state index in [9.17, 15) is 65.8 Å². The molecule has 8 rings (SSSR count). The van der Waals surface area contributed by atoms with Gasteiger partial charge in [-0.25, -0.2) is 4.79 Å². The van der Waals surface area contributed by atoms with Gasteiger partial charge in [0.25, 0.3) is 0 Å². The highest BCUT2D eigenvalue weighted by atomic mass is 16.7. The molecule has 382 valence electrons. The lowest BCUT2D eigenvalue weighted by Crippen LogP contribution is -2.67. The number of carbonyl (C=O) groups is 2. The van der Waals surface area contributed by atoms with Crippen LogP contribution in [0.1, 0.15) is 113 Å². The molecule has 11 N–H and O–H groups in total. The van der Waals surface area contributed by atoms with Crippen LogP contribution in [0.5, 0.6) is 0 Å². The van der Waals surface area contributed by atoms with Crippen molar-refractivity contribution in [2.75, 3.05) is 13.2 Å². The average Bonchev–Trinajstić information content (AvgIpc) is 3.26. The number of fused-ring (bicyclic) bond motifs is 7. The highest BCUT2D eigenvalue weighted by Gasteiger charge is 2.70. The Kier molecular flexibility index (Phi) is 13.8. The Labute approximate surface area is 391 Å². The van der Waals surface area contributed by atoms with Gasteiger partial charge in [0.05, 0.1) is 24.7 Å². The number of aliphatic hydroxyl groups excluding tert-OH is 10. The van der Waals surface area contributed by atoms with Crippen LogP contribution in [0, 0.1) is 50.2 Å². The normalized spacial score (nSPS) is 52.6. The molecule has 3 aliphatic heterocycles. The van der Waals surface area contributed by atoms with Crippen molar-refractivity contribution in [3.8, 4) is 0 Å². The van der Waals surface area contributed by atoms with Crippen molar-refractivity contribution in [1.29, 1.82) is 0 Å². The van der Waals surface area contributed by atoms with E-state index in [1.54, 1.807) is 0 Å². The molecule has 4 saturated carbocycles. The summed E-state index contributed by atoms with van der Waals surface area (Å²) in [7, 11) is 0. The second-order valence-corrected chi connectivity index (χ2v) is 23.5. The topological polar surface area (TPSA) is 312 Å². The first-order valence-corrected chi connectivity index (χ1v) is 24.3. The lowest BCUT2D eigenvalue weighted by molar-refractivity contribution is -0.365. The SMILES string of the molecule is CC1(C)CC[C@]2(C(=O)O[C@H]3O[C@@H](CO)[C@H](O)[C@@H](O)[C@@H]3O)CC[C@]3(C)C(=CC[C@@H]4[C@@]5(C)CC[C@H](O[C@@H]6O[C@H](C(=O)O)[C@@H](O)[C@H](O[C@@H]7O[C@@H](CO)[C@H](O)[C@@H](O)[C@@H]7O)[C@@H]6O)C(C)(C)[C@@H]5CC[C@]43C)[C@@H]2C1. The van der Waals surface area contributed by atoms with Crippen LogP contribution >= 0.6 is 0 Å². The van der Waals surface area contributed by atoms with Crippen molar-refractivity contribution in [1.82, 2.24) is 0 Å². The fourth-order valence-corrected chi connectivity index (χ4v) is 15.0. The van der Waals surface area contributed by atoms with E-state index in [2.05, 4.69) is 54.5 Å². The third-order valence-electron chi connectivity index (χ3n) is 19.3. The van der Waals surface area contributed by atoms with Crippen LogP contribution in [0.2, 0.25) is 0 Å². The first-order chi connectivity index (χ1) is 31.2. The minimum absolute atomic E-state index is 0.0786. The van der Waals surface area contributed by atoms with Crippen LogP contribution in [0.25, 0.3) is 0 Å². The Morgan fingerprint density at radius 1 is 0.642 bits per heavy atom. The third kappa shape index (κ3) is 8.06. The van der Waals surface area contributed by atoms with E-state index >= 15 is 0 Å². The molecule has 67 heavy (non-hydrogen) atoms. The number of rotatable bonds is 9. The maximum atomic E-state index is 14.7. The summed E-state index contributed by atoms with van der Waals surface area (Å²) in [5.41, 5.74) is -0.975. The van der Waals surface area contributed by atoms with Crippen molar-refractivity contribution in [2.24, 2.45) is 50.2 Å². The van der Waals surface area contributed by atoms with Crippen LogP contribution < -0.4 is 0 Å². The maximum absolute atomic E-state index is 14.7. The van der Waals surface area contributed by atoms with Crippen molar-refractivity contribution in [3.63, 3.8) is 0 Å². The van der Waals surface area contributed by atoms with E-state index in [1.165, 1.54) is 5.57 Å². The molecule has 3 saturated heterocycles. The van der Waals surface area contributed by atoms with Gasteiger partial charge in [0, 0.05) is 0 Å². The Bertz CT molecular complexity index is 1870. The summed E-state index contributed by atoms with van der Waals surface area (Å²) in [4.78, 5) is 27.1. The van der Waals surface area contributed by atoms with Gasteiger partial charge in [0.1, 0.15) is 67.1 Å². The van der Waals surface area contributed by atoms with Crippen molar-refractivity contribution < 1.29 is 94.2 Å². The van der Waals surface area contributed by atoms with E-state index < -0.39 is 134 Å². The molecule has 19 nitrogen and oxygen atoms in total. The van der Waals surface area contributed by atoms with Crippen LogP contribution in [-0.4, -0.2) is 180 Å². The number of aliphatic hydroxyl groups is 10. The maximum Gasteiger partial charge on any atom is 0.335 e. The summed E-state index contributed by atoms with van der Waals surface area (Å²) < 4.78 is 35.2. The van der Waals surface area contributed by atoms with Gasteiger partial charge in [-0.2, -0.15) is 0 Å². The smallest absolute Gasteiger partial charge is 0.335 e. The third-order valence-corrected chi connectivity index (χ3v) is 19.3. The molecule has 19 heteroatoms. The number of hydrogen-bond donors (Lipinski definition) is 11. The Hall–Kier alpha value is -1.92. The summed E-state index contributed by atoms with van der Waals surface area (Å²) in [5.74, 6) is -1.91. The number of carboxylic acids is 1. The van der Waals surface area contributed by atoms with Gasteiger partial charge < -0.3 is 84.6 Å². The van der Waals surface area contributed by atoms with Gasteiger partial charge in [0.15, 0.2) is 18.7 Å². The lowest BCUT2D eigenvalue weighted by atomic mass is 9.33. The van der Waals surface area contributed by atoms with Crippen LogP contribution in [0.3, 0.4) is 0 Å². The molecule has 5 aliphatic carbocycles. The molecule has 0 aromatic heterocycles. The first kappa shape index (κ1) is 51.4. The molecular formula is C48H76O19. The largest absolute Gasteiger partial charge is 0.479 e. The molecule has 0 amide bonds. The minimum Gasteiger partial charge on any atom is -0.479 e. The number of aliphatic carboxylic acids is 1. The standard InChI is InChI=1S/C48H76O19/c1-43(2)14-16-48(42(61)67-40-33(56)31(54)29(52)24(20-50)63-40)17-15-46(6)21(22(48)18-43)8-9-26-45(5)12-11-27(44(3,4)25(45)10-13-47(26,46)7)64-41-35(58)36(34(57)37(66-41)38(59)60)65-39-32(55)30(53)28(51)23(19-49)62-39/h8,22-37,39-41,49-58H,9-20H2,1-7H3,(H,59,60)/t22-,23-,24-,25-,26+,27-,28-,29-,30+,31+,32-,33-,34-,35-,36-,37-,39-,40+,41+,45-,46+,47+,48-/m0/s1. The van der Waals surface area contributed by atoms with Gasteiger partial charge in [-0.3, -0.25) is 4.79 Å². The molecule has 8 aliphatic rings. The fraction of sp³-hybridized carbons (Fsp3) is 0.917. The second-order valence-electron chi connectivity index (χ2n) is 23.5. The van der Waals surface area contributed by atoms with Gasteiger partial charge in [-0.05, 0) is 109 Å². The van der Waals surface area contributed by atoms with Gasteiger partial charge in [-0.1, -0.05) is 60.1 Å². The average molecular weight is 957 g/mol. The van der Waals surface area contributed by atoms with E-state index in [0.29, 0.717) is 25.7 Å². The summed E-state index contributed by atoms with van der Waals surface area (Å²) in [5, 5.41) is 115. The summed E-state index contributed by atoms with van der Waals surface area (Å²) in [6, 6.07) is 0. The van der Waals surface area contributed by atoms with Crippen LogP contribution in [-0.2, 0) is 38.0 Å². The van der Waals surface area contributed by atoms with Crippen molar-refractivity contribution in [2.45, 2.75) is 211 Å². The Morgan fingerprint density at radius 2 is 1.22 bits per heavy atom. The molecule has 0 bridgehead atoms. The second kappa shape index (κ2) is 18.0. The molecular weight excluding hydrogens is 881 g/mol. The van der Waals surface area contributed by atoms with Crippen LogP contribution in [0.15, 0.2) is 11.6 Å². The van der Waals surface area contributed by atoms with E-state index in [0.717, 1.165) is 38.5 Å². The summed E-state index contributed by atoms with van der Waals surface area (Å²) >= 11 is 0. The molecule has 0 aromatic rings. The van der Waals surface area contributed by atoms with Crippen LogP contribution in [0.4, 0.5) is 0 Å².